The second-order valence-electron chi connectivity index (χ2n) is 8.16. The van der Waals surface area contributed by atoms with Crippen LogP contribution in [0.4, 0.5) is 5.82 Å². The van der Waals surface area contributed by atoms with E-state index in [0.29, 0.717) is 17.9 Å². The first-order chi connectivity index (χ1) is 16.0. The smallest absolute Gasteiger partial charge is 0.165 e. The molecule has 1 saturated heterocycles. The summed E-state index contributed by atoms with van der Waals surface area (Å²) in [7, 11) is 1.95. The van der Waals surface area contributed by atoms with Gasteiger partial charge in [-0.15, -0.1) is 0 Å². The summed E-state index contributed by atoms with van der Waals surface area (Å²) in [5.74, 6) is 1.30. The zero-order valence-electron chi connectivity index (χ0n) is 19.6. The van der Waals surface area contributed by atoms with E-state index in [2.05, 4.69) is 38.9 Å². The number of allylic oxidation sites excluding steroid dienone is 1. The number of nitrogens with two attached hydrogens (primary N) is 1. The Labute approximate surface area is 196 Å². The Kier molecular flexibility index (Phi) is 9.17. The van der Waals surface area contributed by atoms with E-state index in [-0.39, 0.29) is 11.8 Å². The van der Waals surface area contributed by atoms with Crippen LogP contribution in [0.1, 0.15) is 18.9 Å². The number of phenolic OH excluding ortho intramolecular Hbond substituents is 1. The van der Waals surface area contributed by atoms with Crippen LogP contribution in [-0.2, 0) is 4.74 Å². The molecule has 1 aromatic carbocycles. The van der Waals surface area contributed by atoms with Gasteiger partial charge < -0.3 is 25.9 Å². The minimum absolute atomic E-state index is 0.0650. The van der Waals surface area contributed by atoms with Crippen molar-refractivity contribution in [3.05, 3.63) is 42.6 Å². The standard InChI is InChI=1S/C24H35N7O2/c1-4-20(25)17-30(3)23-7-8-26-24(29-23)21-15-19(5-6-22(21)32)18(2)16-28-27-9-10-31-11-13-33-14-12-31/h5-8,15-16,20,27,32H,2,4,9-14,17,25H2,1,3H3/b28-16-/t20-/m1/s1. The summed E-state index contributed by atoms with van der Waals surface area (Å²) in [6.45, 7) is 12.0. The number of hydrogen-bond donors (Lipinski definition) is 3. The second-order valence-corrected chi connectivity index (χ2v) is 8.16. The van der Waals surface area contributed by atoms with Crippen molar-refractivity contribution < 1.29 is 9.84 Å². The average Bonchev–Trinajstić information content (AvgIpc) is 2.84. The number of ether oxygens (including phenoxy) is 1. The van der Waals surface area contributed by atoms with Crippen LogP contribution in [0.15, 0.2) is 42.1 Å². The molecule has 1 aliphatic rings. The number of phenols is 1. The van der Waals surface area contributed by atoms with Crippen LogP contribution in [0.3, 0.4) is 0 Å². The minimum Gasteiger partial charge on any atom is -0.507 e. The summed E-state index contributed by atoms with van der Waals surface area (Å²) in [5.41, 5.74) is 11.2. The van der Waals surface area contributed by atoms with Crippen LogP contribution in [0, 0.1) is 0 Å². The highest BCUT2D eigenvalue weighted by molar-refractivity contribution is 6.09. The number of aromatic hydroxyl groups is 1. The number of nitrogens with one attached hydrogen (secondary N) is 1. The van der Waals surface area contributed by atoms with Crippen molar-refractivity contribution in [1.82, 2.24) is 20.3 Å². The van der Waals surface area contributed by atoms with Crippen LogP contribution in [0.5, 0.6) is 5.75 Å². The largest absolute Gasteiger partial charge is 0.507 e. The molecule has 9 heteroatoms. The summed E-state index contributed by atoms with van der Waals surface area (Å²) in [6.07, 6.45) is 4.26. The zero-order valence-corrected chi connectivity index (χ0v) is 19.6. The molecule has 0 aliphatic carbocycles. The van der Waals surface area contributed by atoms with Gasteiger partial charge in [-0.25, -0.2) is 9.97 Å². The van der Waals surface area contributed by atoms with Crippen LogP contribution in [0.2, 0.25) is 0 Å². The van der Waals surface area contributed by atoms with Gasteiger partial charge in [0.15, 0.2) is 5.82 Å². The Morgan fingerprint density at radius 1 is 1.39 bits per heavy atom. The molecule has 2 aromatic rings. The molecule has 0 spiro atoms. The van der Waals surface area contributed by atoms with E-state index in [9.17, 15) is 5.11 Å². The van der Waals surface area contributed by atoms with Gasteiger partial charge in [-0.2, -0.15) is 5.10 Å². The molecule has 1 aliphatic heterocycles. The van der Waals surface area contributed by atoms with Gasteiger partial charge in [0.25, 0.3) is 0 Å². The Morgan fingerprint density at radius 3 is 2.94 bits per heavy atom. The summed E-state index contributed by atoms with van der Waals surface area (Å²) in [5, 5.41) is 14.7. The highest BCUT2D eigenvalue weighted by Crippen LogP contribution is 2.30. The van der Waals surface area contributed by atoms with E-state index in [0.717, 1.165) is 62.8 Å². The lowest BCUT2D eigenvalue weighted by atomic mass is 10.0. The van der Waals surface area contributed by atoms with Crippen LogP contribution >= 0.6 is 0 Å². The summed E-state index contributed by atoms with van der Waals surface area (Å²) in [6, 6.07) is 7.16. The quantitative estimate of drug-likeness (QED) is 0.269. The summed E-state index contributed by atoms with van der Waals surface area (Å²) < 4.78 is 5.36. The third-order valence-corrected chi connectivity index (χ3v) is 5.63. The highest BCUT2D eigenvalue weighted by atomic mass is 16.5. The predicted octanol–water partition coefficient (Wildman–Crippen LogP) is 1.94. The number of benzene rings is 1. The maximum Gasteiger partial charge on any atom is 0.165 e. The van der Waals surface area contributed by atoms with Gasteiger partial charge >= 0.3 is 0 Å². The first kappa shape index (κ1) is 24.6. The molecule has 0 saturated carbocycles. The van der Waals surface area contributed by atoms with Crippen molar-refractivity contribution >= 4 is 17.6 Å². The SMILES string of the molecule is C=C(/C=N\NCCN1CCOCC1)c1ccc(O)c(-c2nccc(N(C)C[C@H](N)CC)n2)c1. The van der Waals surface area contributed by atoms with Gasteiger partial charge in [-0.3, -0.25) is 4.90 Å². The summed E-state index contributed by atoms with van der Waals surface area (Å²) in [4.78, 5) is 13.3. The molecule has 3 rings (SSSR count). The van der Waals surface area contributed by atoms with Crippen LogP contribution < -0.4 is 16.1 Å². The van der Waals surface area contributed by atoms with E-state index in [1.165, 1.54) is 0 Å². The first-order valence-electron chi connectivity index (χ1n) is 11.4. The molecule has 9 nitrogen and oxygen atoms in total. The average molecular weight is 454 g/mol. The molecule has 0 bridgehead atoms. The van der Waals surface area contributed by atoms with Gasteiger partial charge in [-0.05, 0) is 35.8 Å². The monoisotopic (exact) mass is 453 g/mol. The van der Waals surface area contributed by atoms with Gasteiger partial charge in [0.2, 0.25) is 0 Å². The van der Waals surface area contributed by atoms with E-state index >= 15 is 0 Å². The fraction of sp³-hybridized carbons (Fsp3) is 0.458. The van der Waals surface area contributed by atoms with Gasteiger partial charge in [0.1, 0.15) is 11.6 Å². The molecular weight excluding hydrogens is 418 g/mol. The van der Waals surface area contributed by atoms with Gasteiger partial charge in [-0.1, -0.05) is 19.6 Å². The Balaban J connectivity index is 1.64. The maximum absolute atomic E-state index is 10.5. The van der Waals surface area contributed by atoms with E-state index in [4.69, 9.17) is 10.5 Å². The molecule has 0 amide bonds. The predicted molar refractivity (Wildman–Crippen MR) is 133 cm³/mol. The van der Waals surface area contributed by atoms with Gasteiger partial charge in [0.05, 0.1) is 25.0 Å². The number of likely N-dealkylation sites (N-methyl/N-ethyl adjacent to an activating group) is 1. The number of hydrogen-bond acceptors (Lipinski definition) is 9. The lowest BCUT2D eigenvalue weighted by Crippen LogP contribution is -2.39. The fourth-order valence-corrected chi connectivity index (χ4v) is 3.48. The number of aromatic nitrogens is 2. The topological polar surface area (TPSA) is 112 Å². The van der Waals surface area contributed by atoms with Crippen molar-refractivity contribution in [2.24, 2.45) is 10.8 Å². The fourth-order valence-electron chi connectivity index (χ4n) is 3.48. The second kappa shape index (κ2) is 12.3. The molecular formula is C24H35N7O2. The minimum atomic E-state index is 0.0650. The van der Waals surface area contributed by atoms with Crippen molar-refractivity contribution in [3.8, 4) is 17.1 Å². The van der Waals surface area contributed by atoms with Crippen LogP contribution in [0.25, 0.3) is 17.0 Å². The van der Waals surface area contributed by atoms with Gasteiger partial charge in [0, 0.05) is 52.0 Å². The number of nitrogens with zero attached hydrogens (tertiary/aromatic N) is 5. The molecule has 1 fully saturated rings. The zero-order chi connectivity index (χ0) is 23.6. The van der Waals surface area contributed by atoms with Crippen molar-refractivity contribution in [3.63, 3.8) is 0 Å². The number of rotatable bonds is 11. The number of hydrazone groups is 1. The van der Waals surface area contributed by atoms with Crippen molar-refractivity contribution in [2.45, 2.75) is 19.4 Å². The maximum atomic E-state index is 10.5. The normalized spacial score (nSPS) is 15.5. The molecule has 1 atom stereocenters. The molecule has 178 valence electrons. The third kappa shape index (κ3) is 7.24. The van der Waals surface area contributed by atoms with Crippen molar-refractivity contribution in [2.75, 3.05) is 57.9 Å². The Morgan fingerprint density at radius 2 is 2.18 bits per heavy atom. The molecule has 2 heterocycles. The molecule has 0 unspecified atom stereocenters. The van der Waals surface area contributed by atoms with Crippen LogP contribution in [-0.4, -0.2) is 85.2 Å². The lowest BCUT2D eigenvalue weighted by molar-refractivity contribution is 0.0385. The summed E-state index contributed by atoms with van der Waals surface area (Å²) >= 11 is 0. The first-order valence-corrected chi connectivity index (χ1v) is 11.4. The van der Waals surface area contributed by atoms with E-state index < -0.39 is 0 Å². The number of morpholine rings is 1. The van der Waals surface area contributed by atoms with E-state index in [1.807, 2.05) is 24.1 Å². The third-order valence-electron chi connectivity index (χ3n) is 5.63. The molecule has 1 aromatic heterocycles. The molecule has 4 N–H and O–H groups in total. The lowest BCUT2D eigenvalue weighted by Gasteiger charge is -2.26. The Hall–Kier alpha value is -3.01. The van der Waals surface area contributed by atoms with Crippen molar-refractivity contribution in [1.29, 1.82) is 0 Å². The highest BCUT2D eigenvalue weighted by Gasteiger charge is 2.13. The molecule has 33 heavy (non-hydrogen) atoms. The molecule has 0 radical (unpaired) electrons. The number of anilines is 1. The Bertz CT molecular complexity index is 944. The van der Waals surface area contributed by atoms with E-state index in [1.54, 1.807) is 24.5 Å².